The number of aliphatic imine (C=N–C) groups is 1. The molecule has 0 radical (unpaired) electrons. The Morgan fingerprint density at radius 1 is 1.31 bits per heavy atom. The third kappa shape index (κ3) is 2.20. The first-order chi connectivity index (χ1) is 6.07. The van der Waals surface area contributed by atoms with Crippen molar-refractivity contribution >= 4 is 54.9 Å². The molecule has 0 N–H and O–H groups in total. The third-order valence-corrected chi connectivity index (χ3v) is 2.82. The Balaban J connectivity index is 3.49. The van der Waals surface area contributed by atoms with E-state index in [0.717, 1.165) is 6.07 Å². The average molecular weight is 329 g/mol. The van der Waals surface area contributed by atoms with Gasteiger partial charge in [-0.2, -0.15) is 4.99 Å². The van der Waals surface area contributed by atoms with Gasteiger partial charge in [0.05, 0.1) is 19.8 Å². The Bertz CT molecular complexity index is 402. The van der Waals surface area contributed by atoms with Crippen LogP contribution in [0.15, 0.2) is 20.0 Å². The topological polar surface area (TPSA) is 12.4 Å². The van der Waals surface area contributed by atoms with Crippen LogP contribution in [0, 0.1) is 11.6 Å². The predicted molar refractivity (Wildman–Crippen MR) is 56.4 cm³/mol. The number of thiocarbonyl (C=S) groups is 1. The molecule has 0 unspecified atom stereocenters. The van der Waals surface area contributed by atoms with E-state index in [1.807, 2.05) is 5.16 Å². The summed E-state index contributed by atoms with van der Waals surface area (Å²) in [6, 6.07) is 1.05. The molecule has 0 saturated heterocycles. The normalized spacial score (nSPS) is 9.54. The molecule has 1 nitrogen and oxygen atoms in total. The van der Waals surface area contributed by atoms with Crippen molar-refractivity contribution in [1.82, 2.24) is 0 Å². The molecular weight excluding hydrogens is 328 g/mol. The number of isothiocyanates is 1. The first-order valence-electron chi connectivity index (χ1n) is 2.98. The second kappa shape index (κ2) is 4.37. The summed E-state index contributed by atoms with van der Waals surface area (Å²) in [4.78, 5) is 3.49. The lowest BCUT2D eigenvalue weighted by Crippen LogP contribution is -1.86. The maximum Gasteiger partial charge on any atom is 0.156 e. The summed E-state index contributed by atoms with van der Waals surface area (Å²) in [5, 5.41) is 2.03. The van der Waals surface area contributed by atoms with E-state index in [9.17, 15) is 8.78 Å². The van der Waals surface area contributed by atoms with Crippen molar-refractivity contribution in [1.29, 1.82) is 0 Å². The molecule has 0 aliphatic rings. The van der Waals surface area contributed by atoms with Crippen LogP contribution < -0.4 is 0 Å². The van der Waals surface area contributed by atoms with Crippen molar-refractivity contribution in [2.75, 3.05) is 0 Å². The van der Waals surface area contributed by atoms with Crippen LogP contribution in [0.2, 0.25) is 0 Å². The lowest BCUT2D eigenvalue weighted by Gasteiger charge is -2.01. The minimum Gasteiger partial charge on any atom is -0.206 e. The van der Waals surface area contributed by atoms with E-state index in [1.165, 1.54) is 0 Å². The maximum absolute atomic E-state index is 13.1. The minimum atomic E-state index is -0.746. The molecule has 0 aromatic heterocycles. The van der Waals surface area contributed by atoms with Crippen LogP contribution in [0.3, 0.4) is 0 Å². The van der Waals surface area contributed by atoms with Crippen LogP contribution in [0.1, 0.15) is 0 Å². The summed E-state index contributed by atoms with van der Waals surface area (Å²) in [6.07, 6.45) is 0. The standard InChI is InChI=1S/C7HBr2F2NS/c8-5-3(10)1-4(12-2-13)6(9)7(5)11/h1H. The van der Waals surface area contributed by atoms with Crippen molar-refractivity contribution in [2.45, 2.75) is 0 Å². The summed E-state index contributed by atoms with van der Waals surface area (Å²) >= 11 is 9.98. The average Bonchev–Trinajstić information content (AvgIpc) is 2.11. The number of halogens is 4. The Kier molecular flexibility index (Phi) is 3.67. The second-order valence-corrected chi connectivity index (χ2v) is 3.79. The molecule has 0 atom stereocenters. The summed E-state index contributed by atoms with van der Waals surface area (Å²) in [5.74, 6) is -1.48. The molecule has 0 heterocycles. The predicted octanol–water partition coefficient (Wildman–Crippen LogP) is 4.22. The molecule has 6 heteroatoms. The molecular formula is C7HBr2F2NS. The van der Waals surface area contributed by atoms with Gasteiger partial charge in [0.25, 0.3) is 0 Å². The zero-order valence-corrected chi connectivity index (χ0v) is 9.93. The first kappa shape index (κ1) is 10.9. The van der Waals surface area contributed by atoms with Crippen LogP contribution >= 0.6 is 44.1 Å². The van der Waals surface area contributed by atoms with Crippen molar-refractivity contribution in [3.05, 3.63) is 26.6 Å². The number of hydrogen-bond donors (Lipinski definition) is 0. The van der Waals surface area contributed by atoms with Gasteiger partial charge in [0, 0.05) is 6.07 Å². The van der Waals surface area contributed by atoms with Crippen molar-refractivity contribution in [2.24, 2.45) is 4.99 Å². The van der Waals surface area contributed by atoms with E-state index >= 15 is 0 Å². The highest BCUT2D eigenvalue weighted by molar-refractivity contribution is 9.11. The highest BCUT2D eigenvalue weighted by atomic mass is 79.9. The summed E-state index contributed by atoms with van der Waals surface area (Å²) in [7, 11) is 0. The number of nitrogens with zero attached hydrogens (tertiary/aromatic N) is 1. The van der Waals surface area contributed by atoms with Crippen molar-refractivity contribution in [3.63, 3.8) is 0 Å². The Hall–Kier alpha value is -0.160. The maximum atomic E-state index is 13.1. The van der Waals surface area contributed by atoms with E-state index in [0.29, 0.717) is 0 Å². The fourth-order valence-electron chi connectivity index (χ4n) is 0.691. The molecule has 0 saturated carbocycles. The summed E-state index contributed by atoms with van der Waals surface area (Å²) in [6.45, 7) is 0. The van der Waals surface area contributed by atoms with Crippen LogP contribution in [-0.4, -0.2) is 5.16 Å². The van der Waals surface area contributed by atoms with Crippen LogP contribution in [0.5, 0.6) is 0 Å². The fourth-order valence-corrected chi connectivity index (χ4v) is 1.77. The zero-order valence-electron chi connectivity index (χ0n) is 5.94. The molecule has 0 amide bonds. The van der Waals surface area contributed by atoms with Crippen LogP contribution in [-0.2, 0) is 0 Å². The van der Waals surface area contributed by atoms with Gasteiger partial charge in [-0.3, -0.25) is 0 Å². The number of hydrogen-bond acceptors (Lipinski definition) is 2. The first-order valence-corrected chi connectivity index (χ1v) is 4.98. The highest BCUT2D eigenvalue weighted by Crippen LogP contribution is 2.34. The van der Waals surface area contributed by atoms with Gasteiger partial charge in [0.2, 0.25) is 0 Å². The molecule has 1 rings (SSSR count). The largest absolute Gasteiger partial charge is 0.206 e. The van der Waals surface area contributed by atoms with E-state index in [1.54, 1.807) is 0 Å². The van der Waals surface area contributed by atoms with Gasteiger partial charge in [0.15, 0.2) is 5.82 Å². The summed E-state index contributed by atoms with van der Waals surface area (Å²) in [5.41, 5.74) is 0.0770. The third-order valence-electron chi connectivity index (χ3n) is 1.25. The van der Waals surface area contributed by atoms with Crippen molar-refractivity contribution < 1.29 is 8.78 Å². The van der Waals surface area contributed by atoms with Crippen LogP contribution in [0.4, 0.5) is 14.5 Å². The van der Waals surface area contributed by atoms with E-state index < -0.39 is 11.6 Å². The molecule has 13 heavy (non-hydrogen) atoms. The Morgan fingerprint density at radius 3 is 2.46 bits per heavy atom. The number of benzene rings is 1. The fraction of sp³-hybridized carbons (Fsp3) is 0. The lowest BCUT2D eigenvalue weighted by atomic mass is 10.3. The smallest absolute Gasteiger partial charge is 0.156 e. The van der Waals surface area contributed by atoms with Gasteiger partial charge in [-0.05, 0) is 44.1 Å². The van der Waals surface area contributed by atoms with Gasteiger partial charge in [0.1, 0.15) is 5.82 Å². The molecule has 0 fully saturated rings. The van der Waals surface area contributed by atoms with Gasteiger partial charge in [-0.25, -0.2) is 8.78 Å². The van der Waals surface area contributed by atoms with Gasteiger partial charge < -0.3 is 0 Å². The van der Waals surface area contributed by atoms with E-state index in [2.05, 4.69) is 49.1 Å². The van der Waals surface area contributed by atoms with E-state index in [-0.39, 0.29) is 14.6 Å². The Morgan fingerprint density at radius 2 is 1.92 bits per heavy atom. The molecule has 0 aliphatic heterocycles. The number of rotatable bonds is 1. The van der Waals surface area contributed by atoms with Gasteiger partial charge >= 0.3 is 0 Å². The van der Waals surface area contributed by atoms with Gasteiger partial charge in [-0.15, -0.1) is 0 Å². The molecule has 0 bridgehead atoms. The quantitative estimate of drug-likeness (QED) is 0.325. The zero-order chi connectivity index (χ0) is 10.0. The van der Waals surface area contributed by atoms with Gasteiger partial charge in [-0.1, -0.05) is 0 Å². The molecule has 1 aromatic rings. The monoisotopic (exact) mass is 327 g/mol. The second-order valence-electron chi connectivity index (χ2n) is 2.02. The minimum absolute atomic E-state index is 0.0538. The Labute approximate surface area is 95.1 Å². The summed E-state index contributed by atoms with van der Waals surface area (Å²) < 4.78 is 25.9. The highest BCUT2D eigenvalue weighted by Gasteiger charge is 2.14. The molecule has 0 spiro atoms. The van der Waals surface area contributed by atoms with E-state index in [4.69, 9.17) is 0 Å². The van der Waals surface area contributed by atoms with Crippen molar-refractivity contribution in [3.8, 4) is 0 Å². The van der Waals surface area contributed by atoms with Crippen LogP contribution in [0.25, 0.3) is 0 Å². The molecule has 68 valence electrons. The lowest BCUT2D eigenvalue weighted by molar-refractivity contribution is 0.568. The SMILES string of the molecule is Fc1cc(N=C=S)c(Br)c(F)c1Br. The molecule has 0 aliphatic carbocycles. The molecule has 1 aromatic carbocycles.